The molecule has 0 radical (unpaired) electrons. The summed E-state index contributed by atoms with van der Waals surface area (Å²) in [6.45, 7) is 4.80. The molecule has 14 N–H and O–H groups in total. The van der Waals surface area contributed by atoms with Crippen molar-refractivity contribution in [3.63, 3.8) is 0 Å². The van der Waals surface area contributed by atoms with E-state index in [9.17, 15) is 68.4 Å². The van der Waals surface area contributed by atoms with E-state index in [4.69, 9.17) is 10.8 Å². The number of aromatic amines is 1. The van der Waals surface area contributed by atoms with Gasteiger partial charge in [-0.05, 0) is 45.4 Å². The van der Waals surface area contributed by atoms with Crippen LogP contribution in [0.2, 0.25) is 0 Å². The molecule has 0 bridgehead atoms. The van der Waals surface area contributed by atoms with E-state index in [1.165, 1.54) is 19.4 Å². The number of H-pyrrole nitrogens is 1. The smallest absolute Gasteiger partial charge is 0.326 e. The van der Waals surface area contributed by atoms with Crippen molar-refractivity contribution >= 4 is 59.3 Å². The monoisotopic (exact) mass is 868 g/mol. The number of carboxylic acids is 3. The molecule has 0 spiro atoms. The van der Waals surface area contributed by atoms with Gasteiger partial charge in [0.05, 0.1) is 31.5 Å². The molecule has 25 heteroatoms. The molecule has 0 aromatic carbocycles. The molecule has 1 aliphatic rings. The van der Waals surface area contributed by atoms with Crippen LogP contribution in [0.15, 0.2) is 12.5 Å². The highest BCUT2D eigenvalue weighted by molar-refractivity contribution is 5.98. The standard InChI is InChI=1S/C36H56N10O15/c1-16(2)10-23(36(60)61)43-29(53)17(3)40-34(58)28(18(4)48)45-30(54)21(7-8-26(49)50)41-32(56)24(14-47)44-31(55)22(11-19-13-38-15-39-19)42-33(57)25-6-5-9-46(25)35(59)20(37)12-27(51)52/h13,15-18,20-25,28,47-48H,5-12,14,37H2,1-4H3,(H,38,39)(H,40,58)(H,41,56)(H,42,57)(H,43,53)(H,44,55)(H,45,54)(H,49,50)(H,51,52)(H,60,61)/t17-,18+,20-,21-,22-,23-,24-,25-,28-/m0/s1. The summed E-state index contributed by atoms with van der Waals surface area (Å²) in [7, 11) is 0. The number of aromatic nitrogens is 2. The summed E-state index contributed by atoms with van der Waals surface area (Å²) in [5, 5.41) is 62.0. The number of nitrogens with one attached hydrogen (secondary N) is 7. The van der Waals surface area contributed by atoms with Gasteiger partial charge in [-0.25, -0.2) is 9.78 Å². The van der Waals surface area contributed by atoms with Crippen molar-refractivity contribution in [2.24, 2.45) is 11.7 Å². The molecular formula is C36H56N10O15. The molecule has 9 atom stereocenters. The second-order valence-corrected chi connectivity index (χ2v) is 15.0. The second kappa shape index (κ2) is 24.1. The van der Waals surface area contributed by atoms with Gasteiger partial charge in [-0.15, -0.1) is 0 Å². The fraction of sp³-hybridized carbons (Fsp3) is 0.639. The summed E-state index contributed by atoms with van der Waals surface area (Å²) in [4.78, 5) is 135. The number of carboxylic acid groups (broad SMARTS) is 3. The zero-order chi connectivity index (χ0) is 46.1. The molecule has 0 aliphatic carbocycles. The van der Waals surface area contributed by atoms with Gasteiger partial charge in [0, 0.05) is 31.3 Å². The first-order valence-electron chi connectivity index (χ1n) is 19.4. The van der Waals surface area contributed by atoms with Gasteiger partial charge in [0.15, 0.2) is 0 Å². The van der Waals surface area contributed by atoms with Gasteiger partial charge in [-0.2, -0.15) is 0 Å². The first kappa shape index (κ1) is 50.9. The first-order chi connectivity index (χ1) is 28.5. The Kier molecular flexibility index (Phi) is 20.2. The van der Waals surface area contributed by atoms with Crippen molar-refractivity contribution in [1.29, 1.82) is 0 Å². The lowest BCUT2D eigenvalue weighted by atomic mass is 10.0. The largest absolute Gasteiger partial charge is 0.481 e. The normalized spacial score (nSPS) is 17.6. The van der Waals surface area contributed by atoms with Crippen molar-refractivity contribution < 1.29 is 73.5 Å². The third-order valence-corrected chi connectivity index (χ3v) is 9.39. The zero-order valence-electron chi connectivity index (χ0n) is 34.1. The zero-order valence-corrected chi connectivity index (χ0v) is 34.1. The highest BCUT2D eigenvalue weighted by Crippen LogP contribution is 2.19. The summed E-state index contributed by atoms with van der Waals surface area (Å²) in [5.74, 6) is -11.2. The van der Waals surface area contributed by atoms with E-state index in [0.717, 1.165) is 11.8 Å². The third kappa shape index (κ3) is 16.4. The van der Waals surface area contributed by atoms with Crippen LogP contribution >= 0.6 is 0 Å². The SMILES string of the molecule is CC(C)C[C@H](NC(=O)[C@H](C)NC(=O)[C@@H](NC(=O)[C@H](CCC(=O)O)NC(=O)[C@H](CO)NC(=O)[C@H](Cc1cnc[nH]1)NC(=O)[C@@H]1CCCN1C(=O)[C@@H](N)CC(=O)O)[C@@H](C)O)C(=O)O. The third-order valence-electron chi connectivity index (χ3n) is 9.39. The van der Waals surface area contributed by atoms with Gasteiger partial charge < -0.3 is 73.1 Å². The van der Waals surface area contributed by atoms with Crippen molar-refractivity contribution in [2.45, 2.75) is 127 Å². The van der Waals surface area contributed by atoms with Crippen LogP contribution in [0.1, 0.15) is 71.9 Å². The van der Waals surface area contributed by atoms with Gasteiger partial charge in [0.2, 0.25) is 41.4 Å². The maximum atomic E-state index is 13.6. The Hall–Kier alpha value is -6.21. The van der Waals surface area contributed by atoms with Gasteiger partial charge in [0.25, 0.3) is 0 Å². The number of imidazole rings is 1. The van der Waals surface area contributed by atoms with Crippen LogP contribution in [0.5, 0.6) is 0 Å². The molecule has 0 unspecified atom stereocenters. The minimum atomic E-state index is -1.83. The number of nitrogens with two attached hydrogens (primary N) is 1. The molecule has 61 heavy (non-hydrogen) atoms. The van der Waals surface area contributed by atoms with Crippen LogP contribution in [0.4, 0.5) is 0 Å². The molecule has 1 aliphatic heterocycles. The van der Waals surface area contributed by atoms with E-state index in [2.05, 4.69) is 41.9 Å². The van der Waals surface area contributed by atoms with E-state index in [1.54, 1.807) is 13.8 Å². The van der Waals surface area contributed by atoms with Crippen molar-refractivity contribution in [3.05, 3.63) is 18.2 Å². The Morgan fingerprint density at radius 3 is 1.95 bits per heavy atom. The van der Waals surface area contributed by atoms with Crippen molar-refractivity contribution in [1.82, 2.24) is 46.8 Å². The Labute approximate surface area is 349 Å². The number of carbonyl (C=O) groups is 10. The van der Waals surface area contributed by atoms with Gasteiger partial charge >= 0.3 is 17.9 Å². The summed E-state index contributed by atoms with van der Waals surface area (Å²) in [6, 6.07) is -12.1. The molecule has 25 nitrogen and oxygen atoms in total. The predicted octanol–water partition coefficient (Wildman–Crippen LogP) is -4.96. The molecule has 1 fully saturated rings. The molecule has 0 saturated carbocycles. The quantitative estimate of drug-likeness (QED) is 0.0438. The first-order valence-corrected chi connectivity index (χ1v) is 19.4. The van der Waals surface area contributed by atoms with Crippen molar-refractivity contribution in [3.8, 4) is 0 Å². The number of hydrogen-bond donors (Lipinski definition) is 13. The van der Waals surface area contributed by atoms with Crippen LogP contribution in [0.25, 0.3) is 0 Å². The fourth-order valence-electron chi connectivity index (χ4n) is 6.18. The summed E-state index contributed by atoms with van der Waals surface area (Å²) in [5.41, 5.74) is 6.08. The summed E-state index contributed by atoms with van der Waals surface area (Å²) < 4.78 is 0. The lowest BCUT2D eigenvalue weighted by molar-refractivity contribution is -0.144. The Morgan fingerprint density at radius 2 is 1.41 bits per heavy atom. The number of likely N-dealkylation sites (tertiary alicyclic amines) is 1. The number of aliphatic carboxylic acids is 3. The summed E-state index contributed by atoms with van der Waals surface area (Å²) in [6.07, 6.45) is -0.667. The molecule has 1 saturated heterocycles. The number of rotatable bonds is 25. The predicted molar refractivity (Wildman–Crippen MR) is 207 cm³/mol. The van der Waals surface area contributed by atoms with Crippen LogP contribution in [-0.2, 0) is 54.4 Å². The molecule has 1 aromatic rings. The van der Waals surface area contributed by atoms with Crippen molar-refractivity contribution in [2.75, 3.05) is 13.2 Å². The Morgan fingerprint density at radius 1 is 0.803 bits per heavy atom. The fourth-order valence-corrected chi connectivity index (χ4v) is 6.18. The Bertz CT molecular complexity index is 1740. The molecule has 2 heterocycles. The topological polar surface area (TPSA) is 402 Å². The molecule has 2 rings (SSSR count). The highest BCUT2D eigenvalue weighted by atomic mass is 16.4. The molecular weight excluding hydrogens is 812 g/mol. The second-order valence-electron chi connectivity index (χ2n) is 15.0. The summed E-state index contributed by atoms with van der Waals surface area (Å²) >= 11 is 0. The van der Waals surface area contributed by atoms with E-state index >= 15 is 0 Å². The number of carbonyl (C=O) groups excluding carboxylic acids is 7. The minimum Gasteiger partial charge on any atom is -0.481 e. The van der Waals surface area contributed by atoms with Crippen LogP contribution in [-0.4, -0.2) is 167 Å². The number of aliphatic hydroxyl groups is 2. The average Bonchev–Trinajstić information content (AvgIpc) is 3.88. The van der Waals surface area contributed by atoms with E-state index < -0.39 is 140 Å². The van der Waals surface area contributed by atoms with E-state index in [0.29, 0.717) is 12.1 Å². The van der Waals surface area contributed by atoms with Gasteiger partial charge in [-0.3, -0.25) is 43.2 Å². The molecule has 1 aromatic heterocycles. The van der Waals surface area contributed by atoms with Crippen LogP contribution < -0.4 is 37.6 Å². The minimum absolute atomic E-state index is 0.0808. The number of hydrogen-bond acceptors (Lipinski definition) is 14. The Balaban J connectivity index is 2.23. The number of nitrogens with zero attached hydrogens (tertiary/aromatic N) is 2. The number of aliphatic hydroxyl groups excluding tert-OH is 2. The average molecular weight is 869 g/mol. The maximum absolute atomic E-state index is 13.6. The van der Waals surface area contributed by atoms with Crippen LogP contribution in [0.3, 0.4) is 0 Å². The van der Waals surface area contributed by atoms with Gasteiger partial charge in [-0.1, -0.05) is 13.8 Å². The molecule has 7 amide bonds. The molecule has 340 valence electrons. The van der Waals surface area contributed by atoms with E-state index in [-0.39, 0.29) is 31.7 Å². The van der Waals surface area contributed by atoms with Crippen LogP contribution in [0, 0.1) is 5.92 Å². The number of amides is 7. The highest BCUT2D eigenvalue weighted by Gasteiger charge is 2.39. The lowest BCUT2D eigenvalue weighted by Gasteiger charge is -2.29. The van der Waals surface area contributed by atoms with E-state index in [1.807, 2.05) is 0 Å². The van der Waals surface area contributed by atoms with Gasteiger partial charge in [0.1, 0.15) is 42.3 Å². The lowest BCUT2D eigenvalue weighted by Crippen LogP contribution is -2.62. The maximum Gasteiger partial charge on any atom is 0.326 e.